The second-order valence-corrected chi connectivity index (χ2v) is 5.68. The van der Waals surface area contributed by atoms with E-state index in [1.807, 2.05) is 0 Å². The Morgan fingerprint density at radius 2 is 1.78 bits per heavy atom. The molecule has 1 aliphatic carbocycles. The topological polar surface area (TPSA) is 67.4 Å². The second-order valence-electron chi connectivity index (χ2n) is 5.68. The third-order valence-electron chi connectivity index (χ3n) is 4.21. The van der Waals surface area contributed by atoms with E-state index in [1.54, 1.807) is 29.2 Å². The number of aromatic nitrogens is 4. The fourth-order valence-electron chi connectivity index (χ4n) is 3.09. The summed E-state index contributed by atoms with van der Waals surface area (Å²) in [6.45, 7) is 0. The van der Waals surface area contributed by atoms with Crippen LogP contribution in [-0.2, 0) is 12.8 Å². The fraction of sp³-hybridized carbons (Fsp3) is 0.222. The maximum Gasteiger partial charge on any atom is 0.251 e. The number of nitriles is 1. The van der Waals surface area contributed by atoms with Crippen LogP contribution in [0.3, 0.4) is 0 Å². The van der Waals surface area contributed by atoms with Crippen molar-refractivity contribution in [2.45, 2.75) is 25.7 Å². The molecule has 0 radical (unpaired) electrons. The first-order valence-corrected chi connectivity index (χ1v) is 7.75. The Kier molecular flexibility index (Phi) is 3.35. The van der Waals surface area contributed by atoms with Gasteiger partial charge in [0.25, 0.3) is 5.95 Å². The molecule has 3 aromatic rings. The third kappa shape index (κ3) is 2.49. The van der Waals surface area contributed by atoms with Gasteiger partial charge in [-0.15, -0.1) is 0 Å². The predicted octanol–water partition coefficient (Wildman–Crippen LogP) is 3.08. The molecule has 0 bridgehead atoms. The van der Waals surface area contributed by atoms with Crippen LogP contribution in [0.15, 0.2) is 42.7 Å². The molecule has 0 amide bonds. The van der Waals surface area contributed by atoms with Gasteiger partial charge in [-0.2, -0.15) is 15.0 Å². The molecule has 5 nitrogen and oxygen atoms in total. The van der Waals surface area contributed by atoms with Gasteiger partial charge in [-0.05, 0) is 48.9 Å². The fourth-order valence-corrected chi connectivity index (χ4v) is 3.09. The van der Waals surface area contributed by atoms with Crippen molar-refractivity contribution in [3.63, 3.8) is 0 Å². The second kappa shape index (κ2) is 5.65. The summed E-state index contributed by atoms with van der Waals surface area (Å²) in [5.74, 6) is 0.474. The van der Waals surface area contributed by atoms with Gasteiger partial charge in [-0.1, -0.05) is 12.1 Å². The molecular formula is C18H15N5. The van der Waals surface area contributed by atoms with E-state index < -0.39 is 0 Å². The minimum Gasteiger partial charge on any atom is -0.220 e. The van der Waals surface area contributed by atoms with Gasteiger partial charge in [-0.25, -0.2) is 9.97 Å². The number of fused-ring (bicyclic) bond motifs is 1. The molecule has 0 saturated heterocycles. The van der Waals surface area contributed by atoms with Crippen molar-refractivity contribution >= 4 is 0 Å². The van der Waals surface area contributed by atoms with Crippen molar-refractivity contribution in [3.05, 3.63) is 59.5 Å². The summed E-state index contributed by atoms with van der Waals surface area (Å²) in [6.07, 6.45) is 8.12. The highest BCUT2D eigenvalue weighted by Gasteiger charge is 2.16. The highest BCUT2D eigenvalue weighted by Crippen LogP contribution is 2.28. The number of hydrogen-bond donors (Lipinski definition) is 0. The number of hydrogen-bond acceptors (Lipinski definition) is 4. The van der Waals surface area contributed by atoms with Gasteiger partial charge in [0, 0.05) is 24.0 Å². The molecule has 2 aromatic heterocycles. The Hall–Kier alpha value is -3.00. The number of rotatable bonds is 2. The highest BCUT2D eigenvalue weighted by molar-refractivity contribution is 5.64. The largest absolute Gasteiger partial charge is 0.251 e. The molecule has 0 unspecified atom stereocenters. The van der Waals surface area contributed by atoms with Crippen LogP contribution in [0.1, 0.15) is 29.7 Å². The molecule has 0 aliphatic heterocycles. The predicted molar refractivity (Wildman–Crippen MR) is 85.9 cm³/mol. The Morgan fingerprint density at radius 3 is 2.57 bits per heavy atom. The van der Waals surface area contributed by atoms with E-state index in [2.05, 4.69) is 39.3 Å². The first-order chi connectivity index (χ1) is 11.3. The van der Waals surface area contributed by atoms with Crippen molar-refractivity contribution in [3.8, 4) is 23.3 Å². The SMILES string of the molecule is N#Cc1cc(-c2ccc3c(c2)CCCC3)n(-c2ncccn2)n1. The van der Waals surface area contributed by atoms with Crippen LogP contribution in [-0.4, -0.2) is 19.7 Å². The van der Waals surface area contributed by atoms with Crippen LogP contribution < -0.4 is 0 Å². The zero-order valence-electron chi connectivity index (χ0n) is 12.6. The Balaban J connectivity index is 1.86. The van der Waals surface area contributed by atoms with E-state index in [1.165, 1.54) is 24.0 Å². The monoisotopic (exact) mass is 301 g/mol. The molecule has 0 atom stereocenters. The number of aryl methyl sites for hydroxylation is 2. The van der Waals surface area contributed by atoms with Gasteiger partial charge in [0.05, 0.1) is 5.69 Å². The molecule has 1 aromatic carbocycles. The zero-order valence-corrected chi connectivity index (χ0v) is 12.6. The number of benzene rings is 1. The molecule has 4 rings (SSSR count). The van der Waals surface area contributed by atoms with E-state index in [4.69, 9.17) is 0 Å². The molecule has 112 valence electrons. The van der Waals surface area contributed by atoms with Gasteiger partial charge < -0.3 is 0 Å². The molecule has 0 fully saturated rings. The van der Waals surface area contributed by atoms with Crippen LogP contribution in [0.25, 0.3) is 17.2 Å². The van der Waals surface area contributed by atoms with Gasteiger partial charge >= 0.3 is 0 Å². The van der Waals surface area contributed by atoms with Crippen molar-refractivity contribution in [2.75, 3.05) is 0 Å². The first-order valence-electron chi connectivity index (χ1n) is 7.75. The number of nitrogens with zero attached hydrogens (tertiary/aromatic N) is 5. The molecule has 2 heterocycles. The van der Waals surface area contributed by atoms with Crippen LogP contribution in [0.5, 0.6) is 0 Å². The minimum absolute atomic E-state index is 0.366. The summed E-state index contributed by atoms with van der Waals surface area (Å²) < 4.78 is 1.64. The smallest absolute Gasteiger partial charge is 0.220 e. The van der Waals surface area contributed by atoms with Crippen LogP contribution >= 0.6 is 0 Å². The van der Waals surface area contributed by atoms with Crippen LogP contribution in [0.4, 0.5) is 0 Å². The summed E-state index contributed by atoms with van der Waals surface area (Å²) in [5, 5.41) is 13.5. The lowest BCUT2D eigenvalue weighted by atomic mass is 9.90. The lowest BCUT2D eigenvalue weighted by molar-refractivity contribution is 0.685. The van der Waals surface area contributed by atoms with Crippen molar-refractivity contribution in [1.29, 1.82) is 5.26 Å². The summed E-state index contributed by atoms with van der Waals surface area (Å²) in [4.78, 5) is 8.50. The maximum absolute atomic E-state index is 9.19. The third-order valence-corrected chi connectivity index (χ3v) is 4.21. The molecule has 23 heavy (non-hydrogen) atoms. The van der Waals surface area contributed by atoms with Crippen molar-refractivity contribution < 1.29 is 0 Å². The highest BCUT2D eigenvalue weighted by atomic mass is 15.4. The summed E-state index contributed by atoms with van der Waals surface area (Å²) in [5.41, 5.74) is 5.09. The molecule has 0 spiro atoms. The zero-order chi connectivity index (χ0) is 15.6. The van der Waals surface area contributed by atoms with E-state index in [-0.39, 0.29) is 0 Å². The Bertz CT molecular complexity index is 890. The van der Waals surface area contributed by atoms with E-state index in [0.29, 0.717) is 11.6 Å². The normalized spacial score (nSPS) is 13.3. The first kappa shape index (κ1) is 13.6. The molecule has 0 saturated carbocycles. The van der Waals surface area contributed by atoms with E-state index in [0.717, 1.165) is 24.1 Å². The van der Waals surface area contributed by atoms with Gasteiger partial charge in [0.2, 0.25) is 0 Å². The molecular weight excluding hydrogens is 286 g/mol. The Labute approximate surface area is 134 Å². The van der Waals surface area contributed by atoms with Crippen molar-refractivity contribution in [1.82, 2.24) is 19.7 Å². The molecule has 1 aliphatic rings. The molecule has 0 N–H and O–H groups in total. The maximum atomic E-state index is 9.19. The quantitative estimate of drug-likeness (QED) is 0.729. The summed E-state index contributed by atoms with van der Waals surface area (Å²) in [7, 11) is 0. The Morgan fingerprint density at radius 1 is 1.00 bits per heavy atom. The van der Waals surface area contributed by atoms with Gasteiger partial charge in [0.1, 0.15) is 6.07 Å². The van der Waals surface area contributed by atoms with E-state index in [9.17, 15) is 5.26 Å². The minimum atomic E-state index is 0.366. The summed E-state index contributed by atoms with van der Waals surface area (Å²) >= 11 is 0. The van der Waals surface area contributed by atoms with Crippen LogP contribution in [0, 0.1) is 11.3 Å². The lowest BCUT2D eigenvalue weighted by Crippen LogP contribution is -2.06. The van der Waals surface area contributed by atoms with Crippen molar-refractivity contribution in [2.24, 2.45) is 0 Å². The average Bonchev–Trinajstić information content (AvgIpc) is 3.06. The molecule has 5 heteroatoms. The van der Waals surface area contributed by atoms with Crippen LogP contribution in [0.2, 0.25) is 0 Å². The van der Waals surface area contributed by atoms with Gasteiger partial charge in [0.15, 0.2) is 5.69 Å². The van der Waals surface area contributed by atoms with Gasteiger partial charge in [-0.3, -0.25) is 0 Å². The summed E-state index contributed by atoms with van der Waals surface area (Å²) in [6, 6.07) is 12.2. The lowest BCUT2D eigenvalue weighted by Gasteiger charge is -2.16. The van der Waals surface area contributed by atoms with E-state index >= 15 is 0 Å². The average molecular weight is 301 g/mol. The standard InChI is InChI=1S/C18H15N5/c19-12-16-11-17(23(22-16)18-20-8-3-9-21-18)15-7-6-13-4-1-2-5-14(13)10-15/h3,6-11H,1-2,4-5H2.